The number of aromatic nitrogens is 2. The van der Waals surface area contributed by atoms with Crippen LogP contribution >= 0.6 is 11.3 Å². The molecule has 0 radical (unpaired) electrons. The highest BCUT2D eigenvalue weighted by atomic mass is 32.2. The topological polar surface area (TPSA) is 101 Å². The van der Waals surface area contributed by atoms with Crippen LogP contribution in [-0.2, 0) is 32.3 Å². The summed E-state index contributed by atoms with van der Waals surface area (Å²) in [6, 6.07) is 3.34. The molecule has 3 atom stereocenters. The van der Waals surface area contributed by atoms with Gasteiger partial charge in [-0.1, -0.05) is 20.8 Å². The van der Waals surface area contributed by atoms with Gasteiger partial charge in [0, 0.05) is 29.9 Å². The predicted octanol–water partition coefficient (Wildman–Crippen LogP) is 3.84. The molecule has 0 bridgehead atoms. The minimum Gasteiger partial charge on any atom is -0.378 e. The molecule has 0 spiro atoms. The second-order valence-electron chi connectivity index (χ2n) is 9.65. The Bertz CT molecular complexity index is 1110. The van der Waals surface area contributed by atoms with Crippen LogP contribution in [0.2, 0.25) is 0 Å². The van der Waals surface area contributed by atoms with Gasteiger partial charge in [0.2, 0.25) is 5.91 Å². The number of carbonyl (C=O) groups is 1. The molecule has 1 amide bonds. The molecule has 0 saturated carbocycles. The lowest BCUT2D eigenvalue weighted by molar-refractivity contribution is -0.115. The second-order valence-corrected chi connectivity index (χ2v) is 13.0. The van der Waals surface area contributed by atoms with Crippen molar-refractivity contribution >= 4 is 32.2 Å². The van der Waals surface area contributed by atoms with Crippen molar-refractivity contribution in [1.29, 1.82) is 0 Å². The molecule has 8 nitrogen and oxygen atoms in total. The summed E-state index contributed by atoms with van der Waals surface area (Å²) >= 11 is 1.54. The van der Waals surface area contributed by atoms with Gasteiger partial charge in [-0.15, -0.1) is 11.3 Å². The fraction of sp³-hybridized carbons (Fsp3) is 0.625. The molecule has 186 valence electrons. The molecule has 0 unspecified atom stereocenters. The number of nitrogens with zero attached hydrogens (tertiary/aromatic N) is 3. The number of fused-ring (bicyclic) bond motifs is 1. The first kappa shape index (κ1) is 25.2. The molecule has 1 saturated heterocycles. The van der Waals surface area contributed by atoms with Crippen molar-refractivity contribution in [2.75, 3.05) is 24.2 Å². The Morgan fingerprint density at radius 3 is 2.74 bits per heavy atom. The smallest absolute Gasteiger partial charge is 0.232 e. The number of nitrogens with one attached hydrogen (secondary N) is 1. The molecule has 2 aromatic rings. The average Bonchev–Trinajstić information content (AvgIpc) is 3.31. The maximum absolute atomic E-state index is 12.6. The van der Waals surface area contributed by atoms with Gasteiger partial charge in [0.1, 0.15) is 0 Å². The molecule has 4 heterocycles. The summed E-state index contributed by atoms with van der Waals surface area (Å²) in [5, 5.41) is 3.52. The second kappa shape index (κ2) is 10.4. The van der Waals surface area contributed by atoms with E-state index in [0.29, 0.717) is 28.8 Å². The van der Waals surface area contributed by atoms with Gasteiger partial charge in [0.05, 0.1) is 41.5 Å². The quantitative estimate of drug-likeness (QED) is 0.580. The molecule has 2 aliphatic rings. The number of rotatable bonds is 8. The van der Waals surface area contributed by atoms with Crippen LogP contribution < -0.4 is 5.32 Å². The van der Waals surface area contributed by atoms with Crippen molar-refractivity contribution in [1.82, 2.24) is 14.9 Å². The molecule has 10 heteroatoms. The van der Waals surface area contributed by atoms with E-state index in [9.17, 15) is 13.2 Å². The third-order valence-electron chi connectivity index (χ3n) is 6.59. The van der Waals surface area contributed by atoms with Crippen LogP contribution in [0.5, 0.6) is 0 Å². The molecule has 0 aromatic carbocycles. The van der Waals surface area contributed by atoms with Gasteiger partial charge in [-0.25, -0.2) is 13.4 Å². The van der Waals surface area contributed by atoms with E-state index in [1.54, 1.807) is 24.3 Å². The Kier molecular flexibility index (Phi) is 7.71. The van der Waals surface area contributed by atoms with Crippen LogP contribution in [0.1, 0.15) is 62.8 Å². The van der Waals surface area contributed by atoms with Crippen LogP contribution in [0.3, 0.4) is 0 Å². The molecule has 34 heavy (non-hydrogen) atoms. The Morgan fingerprint density at radius 2 is 2.12 bits per heavy atom. The summed E-state index contributed by atoms with van der Waals surface area (Å²) in [6.07, 6.45) is 4.07. The van der Waals surface area contributed by atoms with Crippen molar-refractivity contribution in [2.24, 2.45) is 11.8 Å². The van der Waals surface area contributed by atoms with E-state index in [1.807, 2.05) is 0 Å². The Hall–Kier alpha value is -1.88. The zero-order chi connectivity index (χ0) is 24.5. The SMILES string of the molecule is CCS(=O)(=O)c1ccc(CC(=O)Nc2nc3c(s2)CN(C[C@@H]2CC[C@@H](C)OC2)[C@H]3C(C)C)nc1. The zero-order valence-corrected chi connectivity index (χ0v) is 21.9. The number of ether oxygens (including phenoxy) is 1. The molecule has 0 aliphatic carbocycles. The maximum atomic E-state index is 12.6. The molecular weight excluding hydrogens is 472 g/mol. The van der Waals surface area contributed by atoms with Gasteiger partial charge < -0.3 is 10.1 Å². The Labute approximate surface area is 206 Å². The van der Waals surface area contributed by atoms with Crippen molar-refractivity contribution in [3.05, 3.63) is 34.6 Å². The lowest BCUT2D eigenvalue weighted by Gasteiger charge is -2.34. The normalized spacial score (nSPS) is 23.3. The number of amides is 1. The van der Waals surface area contributed by atoms with Crippen molar-refractivity contribution in [2.45, 2.75) is 70.5 Å². The van der Waals surface area contributed by atoms with Crippen LogP contribution in [0.4, 0.5) is 5.13 Å². The van der Waals surface area contributed by atoms with Crippen LogP contribution in [0.25, 0.3) is 0 Å². The van der Waals surface area contributed by atoms with Crippen molar-refractivity contribution in [3.8, 4) is 0 Å². The lowest BCUT2D eigenvalue weighted by Crippen LogP contribution is -2.36. The monoisotopic (exact) mass is 506 g/mol. The highest BCUT2D eigenvalue weighted by molar-refractivity contribution is 7.91. The summed E-state index contributed by atoms with van der Waals surface area (Å²) in [5.41, 5.74) is 1.60. The molecule has 2 aromatic heterocycles. The van der Waals surface area contributed by atoms with E-state index in [-0.39, 0.29) is 29.0 Å². The molecule has 1 fully saturated rings. The van der Waals surface area contributed by atoms with E-state index in [1.165, 1.54) is 23.6 Å². The summed E-state index contributed by atoms with van der Waals surface area (Å²) < 4.78 is 29.7. The van der Waals surface area contributed by atoms with E-state index in [2.05, 4.69) is 36.0 Å². The molecular formula is C24H34N4O4S2. The number of anilines is 1. The summed E-state index contributed by atoms with van der Waals surface area (Å²) in [7, 11) is -3.30. The van der Waals surface area contributed by atoms with Gasteiger partial charge in [-0.3, -0.25) is 14.7 Å². The molecule has 2 aliphatic heterocycles. The average molecular weight is 507 g/mol. The highest BCUT2D eigenvalue weighted by Crippen LogP contribution is 2.43. The van der Waals surface area contributed by atoms with Crippen LogP contribution in [0.15, 0.2) is 23.2 Å². The fourth-order valence-corrected chi connectivity index (χ4v) is 6.61. The molecule has 1 N–H and O–H groups in total. The maximum Gasteiger partial charge on any atom is 0.232 e. The minimum absolute atomic E-state index is 0.0195. The van der Waals surface area contributed by atoms with Crippen LogP contribution in [-0.4, -0.2) is 54.2 Å². The van der Waals surface area contributed by atoms with Crippen molar-refractivity contribution in [3.63, 3.8) is 0 Å². The van der Waals surface area contributed by atoms with Crippen molar-refractivity contribution < 1.29 is 17.9 Å². The number of sulfone groups is 1. The number of thiazole rings is 1. The first-order chi connectivity index (χ1) is 16.2. The lowest BCUT2D eigenvalue weighted by atomic mass is 9.96. The minimum atomic E-state index is -3.30. The number of hydrogen-bond acceptors (Lipinski definition) is 8. The zero-order valence-electron chi connectivity index (χ0n) is 20.3. The van der Waals surface area contributed by atoms with E-state index >= 15 is 0 Å². The summed E-state index contributed by atoms with van der Waals surface area (Å²) in [4.78, 5) is 25.5. The highest BCUT2D eigenvalue weighted by Gasteiger charge is 2.37. The van der Waals surface area contributed by atoms with E-state index < -0.39 is 9.84 Å². The Balaban J connectivity index is 1.37. The van der Waals surface area contributed by atoms with E-state index in [0.717, 1.165) is 31.8 Å². The van der Waals surface area contributed by atoms with Gasteiger partial charge in [-0.05, 0) is 43.7 Å². The number of carbonyl (C=O) groups excluding carboxylic acids is 1. The summed E-state index contributed by atoms with van der Waals surface area (Å²) in [6.45, 7) is 10.9. The fourth-order valence-electron chi connectivity index (χ4n) is 4.74. The number of hydrogen-bond donors (Lipinski definition) is 1. The third kappa shape index (κ3) is 5.67. The van der Waals surface area contributed by atoms with Gasteiger partial charge >= 0.3 is 0 Å². The first-order valence-corrected chi connectivity index (χ1v) is 14.5. The van der Waals surface area contributed by atoms with Gasteiger partial charge in [0.15, 0.2) is 15.0 Å². The first-order valence-electron chi connectivity index (χ1n) is 12.0. The standard InChI is InChI=1S/C24H34N4O4S2/c1-5-34(30,31)19-9-8-18(25-11-19)10-21(29)26-24-27-22-20(33-24)13-28(23(22)15(2)3)12-17-7-6-16(4)32-14-17/h8-9,11,15-17,23H,5-7,10,12-14H2,1-4H3,(H,26,27,29)/t16-,17+,23+/m1/s1. The van der Waals surface area contributed by atoms with Crippen LogP contribution in [0, 0.1) is 11.8 Å². The number of pyridine rings is 1. The molecule has 4 rings (SSSR count). The van der Waals surface area contributed by atoms with Gasteiger partial charge in [0.25, 0.3) is 0 Å². The Morgan fingerprint density at radius 1 is 1.32 bits per heavy atom. The van der Waals surface area contributed by atoms with E-state index in [4.69, 9.17) is 9.72 Å². The predicted molar refractivity (Wildman–Crippen MR) is 133 cm³/mol. The summed E-state index contributed by atoms with van der Waals surface area (Å²) in [5.74, 6) is 0.776. The van der Waals surface area contributed by atoms with Gasteiger partial charge in [-0.2, -0.15) is 0 Å². The largest absolute Gasteiger partial charge is 0.378 e. The third-order valence-corrected chi connectivity index (χ3v) is 9.29.